The SMILES string of the molecule is CCCCC1=Cc2c(ccc(CC)c2-c2ccccc2C(C)C)[CH]1[Zr]([Cl])([Cl])([c]1cccc2c1[SiH2]c1ccccc1-2)[CH]1C(CCCC)=Cc2c1ccc(CC)c2-c1ccccc1C(C)C. The van der Waals surface area contributed by atoms with Crippen LogP contribution >= 0.6 is 17.0 Å². The van der Waals surface area contributed by atoms with E-state index in [2.05, 4.69) is 183 Å². The van der Waals surface area contributed by atoms with Crippen LogP contribution in [0.5, 0.6) is 0 Å². The van der Waals surface area contributed by atoms with Crippen molar-refractivity contribution in [2.24, 2.45) is 0 Å². The Morgan fingerprint density at radius 2 is 0.969 bits per heavy atom. The number of halogens is 2. The van der Waals surface area contributed by atoms with Gasteiger partial charge in [0.1, 0.15) is 0 Å². The fourth-order valence-corrected chi connectivity index (χ4v) is 40.3. The number of unbranched alkanes of at least 4 members (excludes halogenated alkanes) is 2. The van der Waals surface area contributed by atoms with Crippen molar-refractivity contribution in [3.05, 3.63) is 171 Å². The van der Waals surface area contributed by atoms with Gasteiger partial charge in [-0.05, 0) is 0 Å². The van der Waals surface area contributed by atoms with Crippen LogP contribution in [-0.2, 0) is 29.2 Å². The van der Waals surface area contributed by atoms with E-state index >= 15 is 0 Å². The first kappa shape index (κ1) is 45.6. The number of hydrogen-bond donors (Lipinski definition) is 0. The summed E-state index contributed by atoms with van der Waals surface area (Å²) in [6.07, 6.45) is 13.6. The predicted octanol–water partition coefficient (Wildman–Crippen LogP) is 15.8. The molecule has 1 heterocycles. The molecule has 2 aliphatic carbocycles. The third-order valence-electron chi connectivity index (χ3n) is 15.3. The first-order chi connectivity index (χ1) is 31.0. The van der Waals surface area contributed by atoms with Crippen LogP contribution in [0.15, 0.2) is 126 Å². The van der Waals surface area contributed by atoms with Crippen LogP contribution in [-0.4, -0.2) is 9.52 Å². The van der Waals surface area contributed by atoms with Gasteiger partial charge in [0.05, 0.1) is 0 Å². The van der Waals surface area contributed by atoms with Crippen LogP contribution in [0.4, 0.5) is 0 Å². The average Bonchev–Trinajstić information content (AvgIpc) is 4.01. The van der Waals surface area contributed by atoms with E-state index in [4.69, 9.17) is 0 Å². The van der Waals surface area contributed by atoms with E-state index in [0.29, 0.717) is 11.8 Å². The molecule has 0 fully saturated rings. The fraction of sp³-hybridized carbons (Fsp3) is 0.333. The summed E-state index contributed by atoms with van der Waals surface area (Å²) < 4.78 is 1.17. The van der Waals surface area contributed by atoms with Crippen LogP contribution in [0, 0.1) is 0 Å². The van der Waals surface area contributed by atoms with E-state index in [1.54, 1.807) is 0 Å². The molecule has 329 valence electrons. The Bertz CT molecular complexity index is 2680. The van der Waals surface area contributed by atoms with Gasteiger partial charge in [-0.2, -0.15) is 0 Å². The number of allylic oxidation sites excluding steroid dienone is 2. The van der Waals surface area contributed by atoms with E-state index in [1.165, 1.54) is 103 Å². The maximum atomic E-state index is 9.59. The molecule has 1 aliphatic heterocycles. The standard InChI is InChI=1S/2C24H29.C12H9Si.2ClH.Zr/c2*1-5-7-10-18-15-20-14-13-19(6-2)24(23(20)16-18)22-12-9-8-11-21(22)17(3)4;1-3-7-11-9(5-1)10-6-2-4-8-12(10)13-11;;;/h2*8-9,11-17H,5-7,10H2,1-4H3;1-7H,13H2;2*1H;/q;;;;;+2/p-2. The molecule has 0 nitrogen and oxygen atoms in total. The van der Waals surface area contributed by atoms with Crippen LogP contribution in [0.25, 0.3) is 45.5 Å². The van der Waals surface area contributed by atoms with Gasteiger partial charge in [-0.1, -0.05) is 0 Å². The van der Waals surface area contributed by atoms with Crippen LogP contribution in [0.1, 0.15) is 158 Å². The molecule has 64 heavy (non-hydrogen) atoms. The van der Waals surface area contributed by atoms with Gasteiger partial charge in [0.2, 0.25) is 0 Å². The van der Waals surface area contributed by atoms with Gasteiger partial charge in [0.15, 0.2) is 0 Å². The quantitative estimate of drug-likeness (QED) is 0.0898. The number of hydrogen-bond acceptors (Lipinski definition) is 0. The molecular formula is C60H67Cl2SiZr. The average molecular weight is 978 g/mol. The monoisotopic (exact) mass is 975 g/mol. The molecule has 0 aromatic heterocycles. The van der Waals surface area contributed by atoms with Crippen molar-refractivity contribution in [3.63, 3.8) is 0 Å². The van der Waals surface area contributed by atoms with Gasteiger partial charge >= 0.3 is 399 Å². The van der Waals surface area contributed by atoms with Gasteiger partial charge in [-0.3, -0.25) is 0 Å². The van der Waals surface area contributed by atoms with E-state index in [0.717, 1.165) is 51.4 Å². The minimum absolute atomic E-state index is 0.0790. The van der Waals surface area contributed by atoms with Crippen molar-refractivity contribution < 1.29 is 16.4 Å². The molecule has 4 heteroatoms. The summed E-state index contributed by atoms with van der Waals surface area (Å²) in [7, 11) is 18.3. The molecule has 0 radical (unpaired) electrons. The molecule has 0 N–H and O–H groups in total. The zero-order valence-corrected chi connectivity index (χ0v) is 44.9. The van der Waals surface area contributed by atoms with Gasteiger partial charge in [-0.25, -0.2) is 0 Å². The summed E-state index contributed by atoms with van der Waals surface area (Å²) in [6, 6.07) is 44.5. The molecule has 0 saturated carbocycles. The van der Waals surface area contributed by atoms with Crippen LogP contribution in [0.2, 0.25) is 0 Å². The maximum absolute atomic E-state index is 9.59. The van der Waals surface area contributed by atoms with Crippen molar-refractivity contribution in [1.29, 1.82) is 0 Å². The van der Waals surface area contributed by atoms with Crippen molar-refractivity contribution in [2.75, 3.05) is 0 Å². The second kappa shape index (κ2) is 18.3. The van der Waals surface area contributed by atoms with Crippen molar-refractivity contribution in [3.8, 4) is 33.4 Å². The molecule has 2 unspecified atom stereocenters. The molecule has 2 atom stereocenters. The summed E-state index contributed by atoms with van der Waals surface area (Å²) in [4.78, 5) is 0. The number of aryl methyl sites for hydroxylation is 2. The van der Waals surface area contributed by atoms with Gasteiger partial charge < -0.3 is 0 Å². The zero-order valence-electron chi connectivity index (χ0n) is 39.6. The van der Waals surface area contributed by atoms with Gasteiger partial charge in [-0.15, -0.1) is 0 Å². The first-order valence-electron chi connectivity index (χ1n) is 24.6. The third kappa shape index (κ3) is 7.41. The topological polar surface area (TPSA) is 0 Å². The van der Waals surface area contributed by atoms with E-state index in [9.17, 15) is 17.0 Å². The van der Waals surface area contributed by atoms with E-state index in [1.807, 2.05) is 0 Å². The molecule has 0 bridgehead atoms. The molecule has 0 amide bonds. The Balaban J connectivity index is 1.41. The van der Waals surface area contributed by atoms with Crippen molar-refractivity contribution >= 4 is 52.3 Å². The molecule has 6 aromatic rings. The van der Waals surface area contributed by atoms with Gasteiger partial charge in [0, 0.05) is 0 Å². The minimum atomic E-state index is -5.72. The normalized spacial score (nSPS) is 17.3. The van der Waals surface area contributed by atoms with Crippen molar-refractivity contribution in [1.82, 2.24) is 0 Å². The Morgan fingerprint density at radius 3 is 1.44 bits per heavy atom. The molecule has 9 rings (SSSR count). The van der Waals surface area contributed by atoms with E-state index < -0.39 is 25.9 Å². The Hall–Kier alpha value is -3.52. The Labute approximate surface area is 395 Å². The van der Waals surface area contributed by atoms with Crippen molar-refractivity contribution in [2.45, 2.75) is 126 Å². The summed E-state index contributed by atoms with van der Waals surface area (Å²) in [5.74, 6) is 0.789. The molecule has 6 aromatic carbocycles. The zero-order chi connectivity index (χ0) is 44.9. The van der Waals surface area contributed by atoms with Gasteiger partial charge in [0.25, 0.3) is 0 Å². The third-order valence-corrected chi connectivity index (χ3v) is 38.1. The molecule has 3 aliphatic rings. The second-order valence-electron chi connectivity index (χ2n) is 19.7. The summed E-state index contributed by atoms with van der Waals surface area (Å²) in [5, 5.41) is 3.01. The number of benzene rings is 6. The molecule has 0 saturated heterocycles. The second-order valence-corrected chi connectivity index (χ2v) is 42.2. The summed E-state index contributed by atoms with van der Waals surface area (Å²) in [5.41, 5.74) is 22.2. The summed E-state index contributed by atoms with van der Waals surface area (Å²) in [6.45, 7) is 18.7. The Kier molecular flexibility index (Phi) is 13.0. The Morgan fingerprint density at radius 1 is 0.516 bits per heavy atom. The van der Waals surface area contributed by atoms with Crippen LogP contribution < -0.4 is 13.6 Å². The number of fused-ring (bicyclic) bond motifs is 5. The number of rotatable bonds is 15. The molecular weight excluding hydrogens is 911 g/mol. The van der Waals surface area contributed by atoms with Crippen LogP contribution in [0.3, 0.4) is 0 Å². The molecule has 0 spiro atoms. The van der Waals surface area contributed by atoms with E-state index in [-0.39, 0.29) is 7.25 Å². The predicted molar refractivity (Wildman–Crippen MR) is 282 cm³/mol. The first-order valence-corrected chi connectivity index (χ1v) is 36.5. The fourth-order valence-electron chi connectivity index (χ4n) is 12.3. The summed E-state index contributed by atoms with van der Waals surface area (Å²) >= 11 is -5.72.